The zero-order chi connectivity index (χ0) is 18.8. The highest BCUT2D eigenvalue weighted by Gasteiger charge is 2.49. The summed E-state index contributed by atoms with van der Waals surface area (Å²) in [6.45, 7) is 4.46. The number of benzene rings is 1. The zero-order valence-corrected chi connectivity index (χ0v) is 14.8. The van der Waals surface area contributed by atoms with Gasteiger partial charge in [-0.15, -0.1) is 0 Å². The van der Waals surface area contributed by atoms with Gasteiger partial charge in [-0.2, -0.15) is 0 Å². The number of carbonyl (C=O) groups excluding carboxylic acids is 4. The fraction of sp³-hybridized carbons (Fsp3) is 0.375. The standard InChI is InChI=1S/C16H19ClN4O4/c1-9(2)18-14(24)19-12(22)8-21-13(23)16(3,20-15(21)25)10-4-6-11(17)7-5-10/h4-7,9H,8H2,1-3H3,(H,20,25)(H2,18,19,22,24)/t16-/m1/s1. The lowest BCUT2D eigenvalue weighted by Gasteiger charge is -2.22. The number of nitrogens with one attached hydrogen (secondary N) is 3. The lowest BCUT2D eigenvalue weighted by molar-refractivity contribution is -0.134. The van der Waals surface area contributed by atoms with Gasteiger partial charge in [0.15, 0.2) is 0 Å². The molecule has 1 atom stereocenters. The van der Waals surface area contributed by atoms with E-state index in [9.17, 15) is 19.2 Å². The van der Waals surface area contributed by atoms with E-state index in [-0.39, 0.29) is 6.04 Å². The lowest BCUT2D eigenvalue weighted by atomic mass is 9.92. The Labute approximate surface area is 149 Å². The van der Waals surface area contributed by atoms with Crippen LogP contribution in [0.5, 0.6) is 0 Å². The molecule has 6 amide bonds. The number of hydrogen-bond acceptors (Lipinski definition) is 4. The summed E-state index contributed by atoms with van der Waals surface area (Å²) in [6.07, 6.45) is 0. The van der Waals surface area contributed by atoms with Crippen molar-refractivity contribution in [1.82, 2.24) is 20.9 Å². The van der Waals surface area contributed by atoms with Crippen molar-refractivity contribution >= 4 is 35.5 Å². The molecule has 25 heavy (non-hydrogen) atoms. The van der Waals surface area contributed by atoms with Gasteiger partial charge in [0.1, 0.15) is 12.1 Å². The van der Waals surface area contributed by atoms with Crippen LogP contribution in [0.1, 0.15) is 26.3 Å². The molecule has 1 fully saturated rings. The Kier molecular flexibility index (Phi) is 5.32. The number of rotatable bonds is 4. The van der Waals surface area contributed by atoms with Crippen LogP contribution in [0.25, 0.3) is 0 Å². The van der Waals surface area contributed by atoms with E-state index in [0.717, 1.165) is 4.90 Å². The summed E-state index contributed by atoms with van der Waals surface area (Å²) >= 11 is 5.84. The summed E-state index contributed by atoms with van der Waals surface area (Å²) in [5, 5.41) is 7.62. The summed E-state index contributed by atoms with van der Waals surface area (Å²) in [5.41, 5.74) is -0.766. The molecule has 9 heteroatoms. The number of carbonyl (C=O) groups is 4. The van der Waals surface area contributed by atoms with Gasteiger partial charge in [0.2, 0.25) is 5.91 Å². The van der Waals surface area contributed by atoms with E-state index in [4.69, 9.17) is 11.6 Å². The van der Waals surface area contributed by atoms with Crippen LogP contribution in [-0.4, -0.2) is 41.4 Å². The van der Waals surface area contributed by atoms with Crippen LogP contribution in [0.15, 0.2) is 24.3 Å². The van der Waals surface area contributed by atoms with E-state index in [1.54, 1.807) is 45.0 Å². The van der Waals surface area contributed by atoms with Crippen molar-refractivity contribution in [1.29, 1.82) is 0 Å². The maximum absolute atomic E-state index is 12.7. The number of imide groups is 2. The third kappa shape index (κ3) is 4.08. The van der Waals surface area contributed by atoms with Crippen LogP contribution in [0.2, 0.25) is 5.02 Å². The first kappa shape index (κ1) is 18.7. The van der Waals surface area contributed by atoms with E-state index in [1.807, 2.05) is 0 Å². The van der Waals surface area contributed by atoms with Crippen LogP contribution in [-0.2, 0) is 15.1 Å². The van der Waals surface area contributed by atoms with E-state index >= 15 is 0 Å². The first-order valence-corrected chi connectivity index (χ1v) is 8.02. The van der Waals surface area contributed by atoms with Gasteiger partial charge in [0.25, 0.3) is 5.91 Å². The molecule has 0 unspecified atom stereocenters. The average molecular weight is 367 g/mol. The largest absolute Gasteiger partial charge is 0.336 e. The van der Waals surface area contributed by atoms with Crippen molar-refractivity contribution in [2.75, 3.05) is 6.54 Å². The normalized spacial score (nSPS) is 19.8. The van der Waals surface area contributed by atoms with Crippen LogP contribution in [0.3, 0.4) is 0 Å². The molecule has 2 rings (SSSR count). The van der Waals surface area contributed by atoms with E-state index in [0.29, 0.717) is 10.6 Å². The van der Waals surface area contributed by atoms with Crippen molar-refractivity contribution in [3.8, 4) is 0 Å². The Hall–Kier alpha value is -2.61. The molecule has 134 valence electrons. The van der Waals surface area contributed by atoms with E-state index in [2.05, 4.69) is 16.0 Å². The molecule has 0 radical (unpaired) electrons. The zero-order valence-electron chi connectivity index (χ0n) is 14.1. The second kappa shape index (κ2) is 7.10. The Balaban J connectivity index is 2.09. The van der Waals surface area contributed by atoms with E-state index < -0.39 is 36.0 Å². The smallest absolute Gasteiger partial charge is 0.325 e. The number of amides is 6. The molecule has 0 aliphatic carbocycles. The van der Waals surface area contributed by atoms with Crippen molar-refractivity contribution in [3.05, 3.63) is 34.9 Å². The Morgan fingerprint density at radius 2 is 1.84 bits per heavy atom. The summed E-state index contributed by atoms with van der Waals surface area (Å²) in [7, 11) is 0. The molecule has 3 N–H and O–H groups in total. The highest BCUT2D eigenvalue weighted by molar-refractivity contribution is 6.30. The SMILES string of the molecule is CC(C)NC(=O)NC(=O)CN1C(=O)N[C@](C)(c2ccc(Cl)cc2)C1=O. The topological polar surface area (TPSA) is 108 Å². The Bertz CT molecular complexity index is 719. The summed E-state index contributed by atoms with van der Waals surface area (Å²) < 4.78 is 0. The second-order valence-corrected chi connectivity index (χ2v) is 6.57. The molecular formula is C16H19ClN4O4. The van der Waals surface area contributed by atoms with Gasteiger partial charge in [-0.3, -0.25) is 19.8 Å². The Morgan fingerprint density at radius 1 is 1.24 bits per heavy atom. The lowest BCUT2D eigenvalue weighted by Crippen LogP contribution is -2.48. The van der Waals surface area contributed by atoms with Crippen LogP contribution >= 0.6 is 11.6 Å². The van der Waals surface area contributed by atoms with Crippen LogP contribution in [0.4, 0.5) is 9.59 Å². The molecular weight excluding hydrogens is 348 g/mol. The third-order valence-corrected chi connectivity index (χ3v) is 3.92. The second-order valence-electron chi connectivity index (χ2n) is 6.13. The van der Waals surface area contributed by atoms with Gasteiger partial charge in [-0.25, -0.2) is 9.59 Å². The average Bonchev–Trinajstić information content (AvgIpc) is 2.71. The molecule has 1 aromatic carbocycles. The molecule has 1 aromatic rings. The summed E-state index contributed by atoms with van der Waals surface area (Å²) in [5.74, 6) is -1.35. The minimum atomic E-state index is -1.30. The number of urea groups is 2. The highest BCUT2D eigenvalue weighted by atomic mass is 35.5. The minimum absolute atomic E-state index is 0.155. The highest BCUT2D eigenvalue weighted by Crippen LogP contribution is 2.29. The fourth-order valence-electron chi connectivity index (χ4n) is 2.43. The van der Waals surface area contributed by atoms with Gasteiger partial charge >= 0.3 is 12.1 Å². The summed E-state index contributed by atoms with van der Waals surface area (Å²) in [6, 6.07) is 4.91. The molecule has 0 saturated carbocycles. The van der Waals surface area contributed by atoms with Crippen molar-refractivity contribution in [2.24, 2.45) is 0 Å². The molecule has 8 nitrogen and oxygen atoms in total. The predicted octanol–water partition coefficient (Wildman–Crippen LogP) is 1.34. The molecule has 1 saturated heterocycles. The number of nitrogens with zero attached hydrogens (tertiary/aromatic N) is 1. The van der Waals surface area contributed by atoms with E-state index in [1.165, 1.54) is 0 Å². The molecule has 1 heterocycles. The van der Waals surface area contributed by atoms with Gasteiger partial charge in [0.05, 0.1) is 0 Å². The first-order valence-electron chi connectivity index (χ1n) is 7.64. The molecule has 0 aromatic heterocycles. The van der Waals surface area contributed by atoms with Crippen molar-refractivity contribution in [3.63, 3.8) is 0 Å². The predicted molar refractivity (Wildman–Crippen MR) is 90.9 cm³/mol. The van der Waals surface area contributed by atoms with Gasteiger partial charge in [-0.05, 0) is 38.5 Å². The van der Waals surface area contributed by atoms with Gasteiger partial charge in [-0.1, -0.05) is 23.7 Å². The Morgan fingerprint density at radius 3 is 2.40 bits per heavy atom. The minimum Gasteiger partial charge on any atom is -0.336 e. The van der Waals surface area contributed by atoms with Crippen molar-refractivity contribution < 1.29 is 19.2 Å². The molecule has 0 spiro atoms. The summed E-state index contributed by atoms with van der Waals surface area (Å²) in [4.78, 5) is 49.0. The van der Waals surface area contributed by atoms with Crippen molar-refractivity contribution in [2.45, 2.75) is 32.4 Å². The maximum Gasteiger partial charge on any atom is 0.325 e. The van der Waals surface area contributed by atoms with Crippen LogP contribution < -0.4 is 16.0 Å². The maximum atomic E-state index is 12.7. The van der Waals surface area contributed by atoms with Gasteiger partial charge < -0.3 is 10.6 Å². The van der Waals surface area contributed by atoms with Gasteiger partial charge in [0, 0.05) is 11.1 Å². The van der Waals surface area contributed by atoms with Crippen LogP contribution in [0, 0.1) is 0 Å². The monoisotopic (exact) mass is 366 g/mol. The quantitative estimate of drug-likeness (QED) is 0.699. The molecule has 0 bridgehead atoms. The first-order chi connectivity index (χ1) is 11.6. The number of halogens is 1. The number of hydrogen-bond donors (Lipinski definition) is 3. The fourth-order valence-corrected chi connectivity index (χ4v) is 2.55. The molecule has 1 aliphatic heterocycles. The molecule has 1 aliphatic rings. The third-order valence-electron chi connectivity index (χ3n) is 3.67.